The van der Waals surface area contributed by atoms with Gasteiger partial charge in [0, 0.05) is 10.2 Å². The van der Waals surface area contributed by atoms with Gasteiger partial charge in [0.15, 0.2) is 6.61 Å². The first-order valence-electron chi connectivity index (χ1n) is 6.71. The van der Waals surface area contributed by atoms with Gasteiger partial charge < -0.3 is 14.8 Å². The number of rotatable bonds is 6. The minimum Gasteiger partial charge on any atom is -0.452 e. The molecular formula is C16H12BrF2NO4. The summed E-state index contributed by atoms with van der Waals surface area (Å²) in [6.45, 7) is -3.41. The molecule has 0 unspecified atom stereocenters. The van der Waals surface area contributed by atoms with E-state index in [4.69, 9.17) is 4.74 Å². The molecule has 0 aliphatic rings. The summed E-state index contributed by atoms with van der Waals surface area (Å²) in [7, 11) is 0. The van der Waals surface area contributed by atoms with Gasteiger partial charge in [0.2, 0.25) is 0 Å². The maximum absolute atomic E-state index is 12.0. The van der Waals surface area contributed by atoms with Crippen LogP contribution in [0.25, 0.3) is 0 Å². The number of carbonyl (C=O) groups excluding carboxylic acids is 2. The molecule has 0 bridgehead atoms. The number of hydrogen-bond acceptors (Lipinski definition) is 4. The number of carbonyl (C=O) groups is 2. The van der Waals surface area contributed by atoms with Gasteiger partial charge in [-0.1, -0.05) is 22.0 Å². The topological polar surface area (TPSA) is 64.6 Å². The lowest BCUT2D eigenvalue weighted by molar-refractivity contribution is -0.119. The van der Waals surface area contributed by atoms with E-state index in [0.29, 0.717) is 5.69 Å². The number of anilines is 1. The minimum absolute atomic E-state index is 0.0750. The Morgan fingerprint density at radius 1 is 1.12 bits per heavy atom. The van der Waals surface area contributed by atoms with Crippen LogP contribution in [0, 0.1) is 0 Å². The molecular weight excluding hydrogens is 388 g/mol. The Kier molecular flexibility index (Phi) is 6.25. The monoisotopic (exact) mass is 399 g/mol. The summed E-state index contributed by atoms with van der Waals surface area (Å²) in [4.78, 5) is 23.5. The molecule has 8 heteroatoms. The molecule has 24 heavy (non-hydrogen) atoms. The van der Waals surface area contributed by atoms with E-state index in [0.717, 1.165) is 4.47 Å². The van der Waals surface area contributed by atoms with Crippen LogP contribution in [-0.2, 0) is 9.53 Å². The lowest BCUT2D eigenvalue weighted by atomic mass is 10.2. The molecule has 0 spiro atoms. The molecule has 0 radical (unpaired) electrons. The van der Waals surface area contributed by atoms with Crippen molar-refractivity contribution in [3.8, 4) is 5.75 Å². The Morgan fingerprint density at radius 2 is 1.83 bits per heavy atom. The Morgan fingerprint density at radius 3 is 2.46 bits per heavy atom. The fourth-order valence-corrected chi connectivity index (χ4v) is 2.15. The fourth-order valence-electron chi connectivity index (χ4n) is 1.75. The van der Waals surface area contributed by atoms with Gasteiger partial charge in [0.1, 0.15) is 5.75 Å². The summed E-state index contributed by atoms with van der Waals surface area (Å²) in [5, 5.41) is 2.57. The maximum atomic E-state index is 12.0. The summed E-state index contributed by atoms with van der Waals surface area (Å²) in [6, 6.07) is 11.9. The number of benzene rings is 2. The molecule has 2 rings (SSSR count). The Hall–Kier alpha value is -2.48. The van der Waals surface area contributed by atoms with E-state index in [9.17, 15) is 18.4 Å². The molecule has 0 aliphatic carbocycles. The molecule has 126 valence electrons. The van der Waals surface area contributed by atoms with E-state index < -0.39 is 25.1 Å². The van der Waals surface area contributed by atoms with Crippen molar-refractivity contribution in [2.75, 3.05) is 11.9 Å². The van der Waals surface area contributed by atoms with Crippen molar-refractivity contribution in [2.45, 2.75) is 6.61 Å². The van der Waals surface area contributed by atoms with E-state index in [1.807, 2.05) is 0 Å². The third-order valence-electron chi connectivity index (χ3n) is 2.76. The van der Waals surface area contributed by atoms with Crippen LogP contribution in [0.2, 0.25) is 0 Å². The van der Waals surface area contributed by atoms with Gasteiger partial charge >= 0.3 is 12.6 Å². The summed E-state index contributed by atoms with van der Waals surface area (Å²) in [5.41, 5.74) is 0.672. The van der Waals surface area contributed by atoms with Gasteiger partial charge in [-0.05, 0) is 42.5 Å². The number of alkyl halides is 2. The second kappa shape index (κ2) is 8.39. The predicted molar refractivity (Wildman–Crippen MR) is 86.1 cm³/mol. The third-order valence-corrected chi connectivity index (χ3v) is 3.25. The van der Waals surface area contributed by atoms with Crippen molar-refractivity contribution in [3.05, 3.63) is 58.6 Å². The zero-order chi connectivity index (χ0) is 17.5. The molecule has 2 aromatic rings. The predicted octanol–water partition coefficient (Wildman–Crippen LogP) is 3.85. The van der Waals surface area contributed by atoms with Gasteiger partial charge in [0.05, 0.1) is 5.56 Å². The number of hydrogen-bond donors (Lipinski definition) is 1. The molecule has 0 saturated heterocycles. The van der Waals surface area contributed by atoms with E-state index in [1.165, 1.54) is 24.3 Å². The molecule has 0 heterocycles. The van der Waals surface area contributed by atoms with Crippen molar-refractivity contribution < 1.29 is 27.8 Å². The molecule has 5 nitrogen and oxygen atoms in total. The first kappa shape index (κ1) is 17.9. The van der Waals surface area contributed by atoms with E-state index in [1.54, 1.807) is 24.3 Å². The van der Waals surface area contributed by atoms with Crippen LogP contribution >= 0.6 is 15.9 Å². The van der Waals surface area contributed by atoms with E-state index in [2.05, 4.69) is 26.0 Å². The highest BCUT2D eigenvalue weighted by Gasteiger charge is 2.11. The molecule has 1 N–H and O–H groups in total. The van der Waals surface area contributed by atoms with Gasteiger partial charge in [0.25, 0.3) is 5.91 Å². The smallest absolute Gasteiger partial charge is 0.387 e. The molecule has 2 aromatic carbocycles. The normalized spacial score (nSPS) is 10.3. The number of nitrogens with one attached hydrogen (secondary N) is 1. The molecule has 0 aliphatic heterocycles. The standard InChI is InChI=1S/C16H12BrF2NO4/c17-11-2-1-3-12(8-11)20-14(21)9-23-15(22)10-4-6-13(7-5-10)24-16(18)19/h1-8,16H,9H2,(H,20,21). The van der Waals surface area contributed by atoms with E-state index >= 15 is 0 Å². The lowest BCUT2D eigenvalue weighted by Gasteiger charge is -2.08. The van der Waals surface area contributed by atoms with Crippen LogP contribution < -0.4 is 10.1 Å². The van der Waals surface area contributed by atoms with Gasteiger partial charge in [-0.25, -0.2) is 4.79 Å². The van der Waals surface area contributed by atoms with Crippen molar-refractivity contribution in [2.24, 2.45) is 0 Å². The highest BCUT2D eigenvalue weighted by atomic mass is 79.9. The molecule has 1 amide bonds. The second-order valence-corrected chi connectivity index (χ2v) is 5.45. The van der Waals surface area contributed by atoms with Crippen LogP contribution in [0.15, 0.2) is 53.0 Å². The molecule has 0 saturated carbocycles. The Labute approximate surface area is 144 Å². The highest BCUT2D eigenvalue weighted by molar-refractivity contribution is 9.10. The summed E-state index contributed by atoms with van der Waals surface area (Å²) >= 11 is 3.27. The SMILES string of the molecule is O=C(COC(=O)c1ccc(OC(F)F)cc1)Nc1cccc(Br)c1. The van der Waals surface area contributed by atoms with Crippen molar-refractivity contribution in [3.63, 3.8) is 0 Å². The van der Waals surface area contributed by atoms with Crippen LogP contribution in [0.1, 0.15) is 10.4 Å². The van der Waals surface area contributed by atoms with Crippen LogP contribution in [-0.4, -0.2) is 25.1 Å². The first-order valence-corrected chi connectivity index (χ1v) is 7.51. The molecule has 0 aromatic heterocycles. The largest absolute Gasteiger partial charge is 0.452 e. The maximum Gasteiger partial charge on any atom is 0.387 e. The third kappa shape index (κ3) is 5.62. The van der Waals surface area contributed by atoms with Crippen molar-refractivity contribution in [1.29, 1.82) is 0 Å². The molecule has 0 fully saturated rings. The first-order chi connectivity index (χ1) is 11.4. The summed E-state index contributed by atoms with van der Waals surface area (Å²) in [6.07, 6.45) is 0. The average molecular weight is 400 g/mol. The quantitative estimate of drug-likeness (QED) is 0.749. The van der Waals surface area contributed by atoms with Crippen molar-refractivity contribution in [1.82, 2.24) is 0 Å². The van der Waals surface area contributed by atoms with E-state index in [-0.39, 0.29) is 11.3 Å². The zero-order valence-electron chi connectivity index (χ0n) is 12.2. The number of esters is 1. The van der Waals surface area contributed by atoms with Crippen LogP contribution in [0.4, 0.5) is 14.5 Å². The van der Waals surface area contributed by atoms with Gasteiger partial charge in [-0.2, -0.15) is 8.78 Å². The number of halogens is 3. The van der Waals surface area contributed by atoms with Crippen LogP contribution in [0.5, 0.6) is 5.75 Å². The Bertz CT molecular complexity index is 722. The summed E-state index contributed by atoms with van der Waals surface area (Å²) < 4.78 is 33.9. The van der Waals surface area contributed by atoms with Crippen LogP contribution in [0.3, 0.4) is 0 Å². The minimum atomic E-state index is -2.94. The van der Waals surface area contributed by atoms with Gasteiger partial charge in [-0.15, -0.1) is 0 Å². The molecule has 0 atom stereocenters. The number of ether oxygens (including phenoxy) is 2. The van der Waals surface area contributed by atoms with Crippen molar-refractivity contribution >= 4 is 33.5 Å². The Balaban J connectivity index is 1.85. The fraction of sp³-hybridized carbons (Fsp3) is 0.125. The second-order valence-electron chi connectivity index (χ2n) is 4.54. The van der Waals surface area contributed by atoms with Gasteiger partial charge in [-0.3, -0.25) is 4.79 Å². The summed E-state index contributed by atoms with van der Waals surface area (Å²) in [5.74, 6) is -1.32. The lowest BCUT2D eigenvalue weighted by Crippen LogP contribution is -2.20. The number of amides is 1. The zero-order valence-corrected chi connectivity index (χ0v) is 13.8. The highest BCUT2D eigenvalue weighted by Crippen LogP contribution is 2.16. The average Bonchev–Trinajstić information content (AvgIpc) is 2.53.